The molecular formula is C15H21NO2S. The Morgan fingerprint density at radius 2 is 2.11 bits per heavy atom. The van der Waals surface area contributed by atoms with E-state index in [2.05, 4.69) is 11.9 Å². The molecule has 3 nitrogen and oxygen atoms in total. The van der Waals surface area contributed by atoms with Crippen LogP contribution in [-0.2, 0) is 11.3 Å². The SMILES string of the molecule is C=CCSc1ccccc1CNC(=O)OC(C)(C)C. The van der Waals surface area contributed by atoms with Crippen LogP contribution < -0.4 is 5.32 Å². The molecule has 0 aliphatic carbocycles. The monoisotopic (exact) mass is 279 g/mol. The number of alkyl carbamates (subject to hydrolysis) is 1. The summed E-state index contributed by atoms with van der Waals surface area (Å²) >= 11 is 1.70. The zero-order valence-corrected chi connectivity index (χ0v) is 12.5. The lowest BCUT2D eigenvalue weighted by molar-refractivity contribution is 0.0523. The number of hydrogen-bond donors (Lipinski definition) is 1. The van der Waals surface area contributed by atoms with E-state index in [-0.39, 0.29) is 0 Å². The second-order valence-corrected chi connectivity index (χ2v) is 6.12. The van der Waals surface area contributed by atoms with Crippen molar-refractivity contribution in [2.75, 3.05) is 5.75 Å². The van der Waals surface area contributed by atoms with E-state index in [0.717, 1.165) is 16.2 Å². The number of amides is 1. The predicted molar refractivity (Wildman–Crippen MR) is 80.4 cm³/mol. The molecule has 0 spiro atoms. The minimum absolute atomic E-state index is 0.393. The Kier molecular flexibility index (Phi) is 5.96. The normalized spacial score (nSPS) is 10.9. The van der Waals surface area contributed by atoms with Gasteiger partial charge in [-0.1, -0.05) is 24.3 Å². The van der Waals surface area contributed by atoms with Gasteiger partial charge in [0.2, 0.25) is 0 Å². The molecule has 1 aromatic rings. The van der Waals surface area contributed by atoms with Crippen LogP contribution in [-0.4, -0.2) is 17.4 Å². The molecule has 0 unspecified atom stereocenters. The molecule has 0 saturated heterocycles. The number of hydrogen-bond acceptors (Lipinski definition) is 3. The van der Waals surface area contributed by atoms with Crippen molar-refractivity contribution >= 4 is 17.9 Å². The smallest absolute Gasteiger partial charge is 0.407 e. The first-order valence-electron chi connectivity index (χ1n) is 6.21. The van der Waals surface area contributed by atoms with Gasteiger partial charge in [-0.25, -0.2) is 4.79 Å². The highest BCUT2D eigenvalue weighted by Crippen LogP contribution is 2.22. The second-order valence-electron chi connectivity index (χ2n) is 5.06. The average molecular weight is 279 g/mol. The molecule has 0 aromatic heterocycles. The highest BCUT2D eigenvalue weighted by molar-refractivity contribution is 7.99. The minimum atomic E-state index is -0.471. The van der Waals surface area contributed by atoms with E-state index in [1.807, 2.05) is 51.1 Å². The summed E-state index contributed by atoms with van der Waals surface area (Å²) in [5, 5.41) is 2.77. The Labute approximate surface area is 119 Å². The summed E-state index contributed by atoms with van der Waals surface area (Å²) < 4.78 is 5.21. The maximum absolute atomic E-state index is 11.6. The summed E-state index contributed by atoms with van der Waals surface area (Å²) in [6, 6.07) is 8.00. The van der Waals surface area contributed by atoms with Gasteiger partial charge in [-0.3, -0.25) is 0 Å². The van der Waals surface area contributed by atoms with Crippen molar-refractivity contribution in [2.45, 2.75) is 37.8 Å². The zero-order valence-electron chi connectivity index (χ0n) is 11.7. The fraction of sp³-hybridized carbons (Fsp3) is 0.400. The predicted octanol–water partition coefficient (Wildman–Crippen LogP) is 3.99. The molecule has 1 aromatic carbocycles. The first-order valence-corrected chi connectivity index (χ1v) is 7.19. The van der Waals surface area contributed by atoms with Crippen LogP contribution in [0.5, 0.6) is 0 Å². The van der Waals surface area contributed by atoms with Gasteiger partial charge in [-0.2, -0.15) is 0 Å². The van der Waals surface area contributed by atoms with Crippen molar-refractivity contribution in [2.24, 2.45) is 0 Å². The third-order valence-electron chi connectivity index (χ3n) is 2.15. The lowest BCUT2D eigenvalue weighted by Gasteiger charge is -2.20. The number of carbonyl (C=O) groups excluding carboxylic acids is 1. The van der Waals surface area contributed by atoms with Crippen molar-refractivity contribution < 1.29 is 9.53 Å². The summed E-state index contributed by atoms with van der Waals surface area (Å²) in [5.41, 5.74) is 0.612. The van der Waals surface area contributed by atoms with E-state index < -0.39 is 11.7 Å². The van der Waals surface area contributed by atoms with Crippen molar-refractivity contribution in [3.63, 3.8) is 0 Å². The number of rotatable bonds is 5. The Hall–Kier alpha value is -1.42. The van der Waals surface area contributed by atoms with Gasteiger partial charge < -0.3 is 10.1 Å². The van der Waals surface area contributed by atoms with Crippen LogP contribution in [0.4, 0.5) is 4.79 Å². The molecule has 0 aliphatic rings. The first kappa shape index (κ1) is 15.6. The van der Waals surface area contributed by atoms with Gasteiger partial charge in [0, 0.05) is 17.2 Å². The molecule has 0 bridgehead atoms. The van der Waals surface area contributed by atoms with Crippen LogP contribution in [0, 0.1) is 0 Å². The standard InChI is InChI=1S/C15H21NO2S/c1-5-10-19-13-9-7-6-8-12(13)11-16-14(17)18-15(2,3)4/h5-9H,1,10-11H2,2-4H3,(H,16,17). The van der Waals surface area contributed by atoms with Crippen LogP contribution >= 0.6 is 11.8 Å². The lowest BCUT2D eigenvalue weighted by Crippen LogP contribution is -2.32. The Balaban J connectivity index is 2.57. The fourth-order valence-corrected chi connectivity index (χ4v) is 2.22. The van der Waals surface area contributed by atoms with Crippen molar-refractivity contribution in [1.82, 2.24) is 5.32 Å². The number of ether oxygens (including phenoxy) is 1. The largest absolute Gasteiger partial charge is 0.444 e. The molecule has 0 radical (unpaired) electrons. The first-order chi connectivity index (χ1) is 8.92. The molecule has 1 amide bonds. The van der Waals surface area contributed by atoms with Crippen LogP contribution in [0.2, 0.25) is 0 Å². The van der Waals surface area contributed by atoms with E-state index in [4.69, 9.17) is 4.74 Å². The van der Waals surface area contributed by atoms with Crippen LogP contribution in [0.25, 0.3) is 0 Å². The molecule has 19 heavy (non-hydrogen) atoms. The van der Waals surface area contributed by atoms with Gasteiger partial charge in [0.15, 0.2) is 0 Å². The third kappa shape index (κ3) is 6.34. The zero-order chi connectivity index (χ0) is 14.3. The molecule has 0 atom stereocenters. The Morgan fingerprint density at radius 3 is 2.74 bits per heavy atom. The molecule has 1 rings (SSSR count). The molecule has 0 saturated carbocycles. The molecule has 4 heteroatoms. The Bertz CT molecular complexity index is 438. The minimum Gasteiger partial charge on any atom is -0.444 e. The maximum atomic E-state index is 11.6. The van der Waals surface area contributed by atoms with Crippen molar-refractivity contribution in [3.05, 3.63) is 42.5 Å². The van der Waals surface area contributed by atoms with E-state index in [0.29, 0.717) is 6.54 Å². The van der Waals surface area contributed by atoms with Crippen molar-refractivity contribution in [3.8, 4) is 0 Å². The van der Waals surface area contributed by atoms with Crippen LogP contribution in [0.3, 0.4) is 0 Å². The number of thioether (sulfide) groups is 1. The van der Waals surface area contributed by atoms with Gasteiger partial charge >= 0.3 is 6.09 Å². The van der Waals surface area contributed by atoms with Crippen molar-refractivity contribution in [1.29, 1.82) is 0 Å². The molecule has 0 fully saturated rings. The molecule has 0 heterocycles. The van der Waals surface area contributed by atoms with Crippen LogP contribution in [0.15, 0.2) is 41.8 Å². The highest BCUT2D eigenvalue weighted by atomic mass is 32.2. The summed E-state index contributed by atoms with van der Waals surface area (Å²) in [6.07, 6.45) is 1.47. The second kappa shape index (κ2) is 7.24. The van der Waals surface area contributed by atoms with Gasteiger partial charge in [-0.05, 0) is 32.4 Å². The highest BCUT2D eigenvalue weighted by Gasteiger charge is 2.15. The van der Waals surface area contributed by atoms with Gasteiger partial charge in [0.05, 0.1) is 0 Å². The fourth-order valence-electron chi connectivity index (χ4n) is 1.42. The van der Waals surface area contributed by atoms with Gasteiger partial charge in [0.1, 0.15) is 5.60 Å². The van der Waals surface area contributed by atoms with Gasteiger partial charge in [0.25, 0.3) is 0 Å². The third-order valence-corrected chi connectivity index (χ3v) is 3.26. The van der Waals surface area contributed by atoms with E-state index in [9.17, 15) is 4.79 Å². The summed E-state index contributed by atoms with van der Waals surface area (Å²) in [5.74, 6) is 0.851. The van der Waals surface area contributed by atoms with E-state index in [1.54, 1.807) is 11.8 Å². The molecule has 104 valence electrons. The van der Waals surface area contributed by atoms with E-state index >= 15 is 0 Å². The quantitative estimate of drug-likeness (QED) is 0.654. The number of nitrogens with one attached hydrogen (secondary N) is 1. The molecular weight excluding hydrogens is 258 g/mol. The summed E-state index contributed by atoms with van der Waals surface area (Å²) in [4.78, 5) is 12.8. The average Bonchev–Trinajstić information content (AvgIpc) is 2.32. The molecule has 0 aliphatic heterocycles. The van der Waals surface area contributed by atoms with E-state index in [1.165, 1.54) is 0 Å². The lowest BCUT2D eigenvalue weighted by atomic mass is 10.2. The summed E-state index contributed by atoms with van der Waals surface area (Å²) in [7, 11) is 0. The summed E-state index contributed by atoms with van der Waals surface area (Å²) in [6.45, 7) is 9.72. The number of carbonyl (C=O) groups is 1. The Morgan fingerprint density at radius 1 is 1.42 bits per heavy atom. The van der Waals surface area contributed by atoms with Gasteiger partial charge in [-0.15, -0.1) is 18.3 Å². The molecule has 1 N–H and O–H groups in total. The topological polar surface area (TPSA) is 38.3 Å². The number of benzene rings is 1. The van der Waals surface area contributed by atoms with Crippen LogP contribution in [0.1, 0.15) is 26.3 Å². The maximum Gasteiger partial charge on any atom is 0.407 e.